The third-order valence-corrected chi connectivity index (χ3v) is 5.61. The molecule has 0 bridgehead atoms. The highest BCUT2D eigenvalue weighted by atomic mass is 32.1. The molecule has 148 valence electrons. The first-order chi connectivity index (χ1) is 13.1. The Bertz CT molecular complexity index is 1140. The lowest BCUT2D eigenvalue weighted by atomic mass is 10.2. The minimum absolute atomic E-state index is 0.0320. The van der Waals surface area contributed by atoms with Crippen molar-refractivity contribution >= 4 is 22.2 Å². The number of hydrogen-bond acceptors (Lipinski definition) is 5. The smallest absolute Gasteiger partial charge is 0.369 e. The maximum absolute atomic E-state index is 13.0. The van der Waals surface area contributed by atoms with Gasteiger partial charge in [-0.05, 0) is 25.8 Å². The monoisotopic (exact) mass is 411 g/mol. The van der Waals surface area contributed by atoms with Gasteiger partial charge in [0.25, 0.3) is 5.56 Å². The van der Waals surface area contributed by atoms with Gasteiger partial charge < -0.3 is 5.73 Å². The number of rotatable bonds is 5. The summed E-state index contributed by atoms with van der Waals surface area (Å²) in [4.78, 5) is 29.3. The van der Waals surface area contributed by atoms with Crippen LogP contribution >= 0.6 is 11.3 Å². The van der Waals surface area contributed by atoms with Gasteiger partial charge in [-0.1, -0.05) is 0 Å². The van der Waals surface area contributed by atoms with E-state index >= 15 is 0 Å². The van der Waals surface area contributed by atoms with Crippen LogP contribution in [0.5, 0.6) is 0 Å². The Kier molecular flexibility index (Phi) is 4.29. The van der Waals surface area contributed by atoms with Gasteiger partial charge in [-0.2, -0.15) is 18.3 Å². The molecule has 0 aromatic carbocycles. The number of thiazole rings is 1. The van der Waals surface area contributed by atoms with Crippen LogP contribution in [0, 0.1) is 6.92 Å². The molecule has 1 aliphatic carbocycles. The number of alkyl halides is 3. The number of hydrogen-bond donors (Lipinski definition) is 1. The second kappa shape index (κ2) is 6.43. The molecule has 2 N–H and O–H groups in total. The van der Waals surface area contributed by atoms with Crippen LogP contribution in [0.25, 0.3) is 4.96 Å². The Morgan fingerprint density at radius 2 is 2.07 bits per heavy atom. The lowest BCUT2D eigenvalue weighted by Crippen LogP contribution is -2.22. The highest BCUT2D eigenvalue weighted by Crippen LogP contribution is 2.42. The molecule has 4 rings (SSSR count). The molecule has 1 amide bonds. The largest absolute Gasteiger partial charge is 0.435 e. The van der Waals surface area contributed by atoms with E-state index in [9.17, 15) is 22.8 Å². The number of halogens is 3. The molecule has 1 fully saturated rings. The number of nitrogens with two attached hydrogens (primary N) is 1. The molecule has 28 heavy (non-hydrogen) atoms. The maximum Gasteiger partial charge on any atom is 0.435 e. The van der Waals surface area contributed by atoms with Crippen molar-refractivity contribution in [1.82, 2.24) is 19.2 Å². The second-order valence-electron chi connectivity index (χ2n) is 6.84. The summed E-state index contributed by atoms with van der Waals surface area (Å²) < 4.78 is 41.7. The Labute approximate surface area is 160 Å². The van der Waals surface area contributed by atoms with E-state index in [1.807, 2.05) is 0 Å². The predicted octanol–water partition coefficient (Wildman–Crippen LogP) is 2.23. The van der Waals surface area contributed by atoms with Crippen molar-refractivity contribution in [3.63, 3.8) is 0 Å². The zero-order valence-corrected chi connectivity index (χ0v) is 15.6. The summed E-state index contributed by atoms with van der Waals surface area (Å²) in [6.45, 7) is 1.72. The molecule has 0 radical (unpaired) electrons. The number of fused-ring (bicyclic) bond motifs is 1. The van der Waals surface area contributed by atoms with E-state index in [0.717, 1.165) is 23.8 Å². The third-order valence-electron chi connectivity index (χ3n) is 4.61. The highest BCUT2D eigenvalue weighted by Gasteiger charge is 2.37. The molecule has 11 heteroatoms. The van der Waals surface area contributed by atoms with Crippen molar-refractivity contribution in [3.05, 3.63) is 50.1 Å². The zero-order valence-electron chi connectivity index (χ0n) is 14.8. The molecular formula is C17H16F3N5O2S. The summed E-state index contributed by atoms with van der Waals surface area (Å²) in [7, 11) is 0. The van der Waals surface area contributed by atoms with Crippen LogP contribution in [0.3, 0.4) is 0 Å². The molecular weight excluding hydrogens is 395 g/mol. The lowest BCUT2D eigenvalue weighted by molar-refractivity contribution is -0.141. The predicted molar refractivity (Wildman–Crippen MR) is 95.3 cm³/mol. The lowest BCUT2D eigenvalue weighted by Gasteiger charge is -2.07. The average molecular weight is 411 g/mol. The van der Waals surface area contributed by atoms with Crippen LogP contribution in [0.1, 0.15) is 46.4 Å². The van der Waals surface area contributed by atoms with Gasteiger partial charge in [0.1, 0.15) is 0 Å². The molecule has 3 heterocycles. The third kappa shape index (κ3) is 3.41. The Morgan fingerprint density at radius 3 is 2.68 bits per heavy atom. The van der Waals surface area contributed by atoms with Gasteiger partial charge in [-0.3, -0.25) is 18.7 Å². The van der Waals surface area contributed by atoms with E-state index < -0.39 is 23.3 Å². The molecule has 0 saturated heterocycles. The second-order valence-corrected chi connectivity index (χ2v) is 8.02. The fourth-order valence-electron chi connectivity index (χ4n) is 3.18. The van der Waals surface area contributed by atoms with E-state index in [1.54, 1.807) is 6.92 Å². The number of nitrogens with zero attached hydrogens (tertiary/aromatic N) is 4. The number of primary amides is 1. The number of amides is 1. The van der Waals surface area contributed by atoms with Gasteiger partial charge >= 0.3 is 6.18 Å². The zero-order chi connectivity index (χ0) is 20.2. The highest BCUT2D eigenvalue weighted by molar-refractivity contribution is 7.17. The molecule has 0 spiro atoms. The Balaban J connectivity index is 1.74. The molecule has 3 aromatic rings. The molecule has 0 atom stereocenters. The average Bonchev–Trinajstić information content (AvgIpc) is 3.24. The van der Waals surface area contributed by atoms with Crippen molar-refractivity contribution in [1.29, 1.82) is 0 Å². The normalized spacial score (nSPS) is 14.7. The first kappa shape index (κ1) is 18.7. The molecule has 3 aromatic heterocycles. The summed E-state index contributed by atoms with van der Waals surface area (Å²) >= 11 is 1.23. The van der Waals surface area contributed by atoms with Crippen LogP contribution in [0.15, 0.2) is 16.9 Å². The van der Waals surface area contributed by atoms with Crippen LogP contribution < -0.4 is 11.3 Å². The van der Waals surface area contributed by atoms with E-state index in [1.165, 1.54) is 26.5 Å². The molecule has 1 saturated carbocycles. The fourth-order valence-corrected chi connectivity index (χ4v) is 4.19. The van der Waals surface area contributed by atoms with Crippen LogP contribution in [0.4, 0.5) is 13.2 Å². The van der Waals surface area contributed by atoms with Crippen molar-refractivity contribution in [3.8, 4) is 0 Å². The molecule has 0 aliphatic heterocycles. The van der Waals surface area contributed by atoms with Crippen molar-refractivity contribution in [2.75, 3.05) is 0 Å². The van der Waals surface area contributed by atoms with Gasteiger partial charge in [-0.25, -0.2) is 4.98 Å². The minimum atomic E-state index is -4.53. The van der Waals surface area contributed by atoms with E-state index in [0.29, 0.717) is 22.0 Å². The van der Waals surface area contributed by atoms with Crippen LogP contribution in [0.2, 0.25) is 0 Å². The number of aryl methyl sites for hydroxylation is 1. The van der Waals surface area contributed by atoms with Gasteiger partial charge in [0, 0.05) is 22.6 Å². The van der Waals surface area contributed by atoms with Crippen molar-refractivity contribution in [2.45, 2.75) is 44.8 Å². The SMILES string of the molecule is Cc1sc2nc(Cn3nc(C(F)(F)F)cc3C3CC3)cc(=O)n2c1CC(N)=O. The molecule has 7 nitrogen and oxygen atoms in total. The van der Waals surface area contributed by atoms with Crippen molar-refractivity contribution in [2.24, 2.45) is 5.73 Å². The quantitative estimate of drug-likeness (QED) is 0.697. The first-order valence-electron chi connectivity index (χ1n) is 8.57. The topological polar surface area (TPSA) is 95.3 Å². The van der Waals surface area contributed by atoms with E-state index in [2.05, 4.69) is 10.1 Å². The number of carbonyl (C=O) groups is 1. The molecule has 0 unspecified atom stereocenters. The van der Waals surface area contributed by atoms with Gasteiger partial charge in [0.2, 0.25) is 5.91 Å². The Morgan fingerprint density at radius 1 is 1.36 bits per heavy atom. The van der Waals surface area contributed by atoms with Crippen LogP contribution in [-0.2, 0) is 23.9 Å². The summed E-state index contributed by atoms with van der Waals surface area (Å²) in [5, 5.41) is 3.69. The summed E-state index contributed by atoms with van der Waals surface area (Å²) in [5.41, 5.74) is 5.19. The van der Waals surface area contributed by atoms with Gasteiger partial charge in [0.05, 0.1) is 24.4 Å². The minimum Gasteiger partial charge on any atom is -0.369 e. The van der Waals surface area contributed by atoms with Gasteiger partial charge in [0.15, 0.2) is 10.7 Å². The van der Waals surface area contributed by atoms with Crippen molar-refractivity contribution < 1.29 is 18.0 Å². The first-order valence-corrected chi connectivity index (χ1v) is 9.39. The number of aromatic nitrogens is 4. The van der Waals surface area contributed by atoms with Gasteiger partial charge in [-0.15, -0.1) is 11.3 Å². The summed E-state index contributed by atoms with van der Waals surface area (Å²) in [5.74, 6) is -0.511. The Hall–Kier alpha value is -2.69. The van der Waals surface area contributed by atoms with E-state index in [-0.39, 0.29) is 18.9 Å². The van der Waals surface area contributed by atoms with E-state index in [4.69, 9.17) is 5.73 Å². The maximum atomic E-state index is 13.0. The summed E-state index contributed by atoms with van der Waals surface area (Å²) in [6.07, 6.45) is -2.98. The molecule has 1 aliphatic rings. The standard InChI is InChI=1S/C17H16F3N5O2S/c1-8-11(6-14(21)26)25-15(27)4-10(22-16(25)28-8)7-24-12(9-2-3-9)5-13(23-24)17(18,19)20/h4-5,9H,2-3,6-7H2,1H3,(H2,21,26). The van der Waals surface area contributed by atoms with Crippen LogP contribution in [-0.4, -0.2) is 25.1 Å². The fraction of sp³-hybridized carbons (Fsp3) is 0.412. The number of carbonyl (C=O) groups excluding carboxylic acids is 1. The summed E-state index contributed by atoms with van der Waals surface area (Å²) in [6, 6.07) is 2.33.